The first-order valence-corrected chi connectivity index (χ1v) is 6.92. The maximum atomic E-state index is 5.37. The molecule has 18 heavy (non-hydrogen) atoms. The fourth-order valence-electron chi connectivity index (χ4n) is 2.49. The Morgan fingerprint density at radius 3 is 2.72 bits per heavy atom. The second-order valence-electron chi connectivity index (χ2n) is 4.84. The molecule has 1 aliphatic rings. The molecule has 1 N–H and O–H groups in total. The van der Waals surface area contributed by atoms with E-state index in [0.29, 0.717) is 0 Å². The van der Waals surface area contributed by atoms with Crippen LogP contribution in [0, 0.1) is 0 Å². The molecule has 0 aromatic heterocycles. The highest BCUT2D eigenvalue weighted by Crippen LogP contribution is 2.20. The van der Waals surface area contributed by atoms with Gasteiger partial charge in [-0.15, -0.1) is 0 Å². The molecule has 1 heterocycles. The van der Waals surface area contributed by atoms with Crippen LogP contribution in [0.1, 0.15) is 18.1 Å². The number of benzene rings is 1. The minimum atomic E-state index is 1.02. The fraction of sp³-hybridized carbons (Fsp3) is 0.600. The summed E-state index contributed by atoms with van der Waals surface area (Å²) in [5.74, 6) is 1.02. The van der Waals surface area contributed by atoms with Crippen LogP contribution in [-0.4, -0.2) is 44.7 Å². The lowest BCUT2D eigenvalue weighted by molar-refractivity contribution is 0.244. The first-order valence-electron chi connectivity index (χ1n) is 6.92. The molecule has 0 bridgehead atoms. The van der Waals surface area contributed by atoms with Crippen molar-refractivity contribution in [1.29, 1.82) is 0 Å². The van der Waals surface area contributed by atoms with E-state index >= 15 is 0 Å². The number of methoxy groups -OCH3 is 1. The van der Waals surface area contributed by atoms with Crippen LogP contribution in [0.15, 0.2) is 18.2 Å². The Labute approximate surface area is 110 Å². The topological polar surface area (TPSA) is 24.5 Å². The summed E-state index contributed by atoms with van der Waals surface area (Å²) in [6.07, 6.45) is 2.17. The molecule has 2 rings (SSSR count). The molecule has 0 atom stereocenters. The molecule has 1 saturated heterocycles. The summed E-state index contributed by atoms with van der Waals surface area (Å²) < 4.78 is 5.37. The lowest BCUT2D eigenvalue weighted by atomic mass is 10.0. The second kappa shape index (κ2) is 6.76. The molecular weight excluding hydrogens is 224 g/mol. The zero-order chi connectivity index (χ0) is 12.8. The Bertz CT molecular complexity index is 373. The van der Waals surface area contributed by atoms with Gasteiger partial charge in [-0.25, -0.2) is 0 Å². The van der Waals surface area contributed by atoms with Crippen LogP contribution in [0.2, 0.25) is 0 Å². The largest absolute Gasteiger partial charge is 0.496 e. The van der Waals surface area contributed by atoms with Gasteiger partial charge in [0.25, 0.3) is 0 Å². The molecule has 0 aliphatic carbocycles. The molecule has 0 saturated carbocycles. The Balaban J connectivity index is 1.92. The number of rotatable bonds is 5. The first kappa shape index (κ1) is 13.4. The summed E-state index contributed by atoms with van der Waals surface area (Å²) in [5.41, 5.74) is 2.74. The monoisotopic (exact) mass is 248 g/mol. The third kappa shape index (κ3) is 3.47. The number of ether oxygens (including phenoxy) is 1. The van der Waals surface area contributed by atoms with Crippen molar-refractivity contribution >= 4 is 0 Å². The van der Waals surface area contributed by atoms with E-state index in [2.05, 4.69) is 35.3 Å². The number of hydrogen-bond donors (Lipinski definition) is 1. The summed E-state index contributed by atoms with van der Waals surface area (Å²) in [6.45, 7) is 7.95. The summed E-state index contributed by atoms with van der Waals surface area (Å²) in [7, 11) is 1.74. The highest BCUT2D eigenvalue weighted by atomic mass is 16.5. The third-order valence-electron chi connectivity index (χ3n) is 3.65. The quantitative estimate of drug-likeness (QED) is 0.858. The van der Waals surface area contributed by atoms with E-state index in [9.17, 15) is 0 Å². The normalized spacial score (nSPS) is 16.8. The SMILES string of the molecule is CCc1cc(CCN2CCNCC2)ccc1OC. The molecule has 1 aromatic rings. The van der Waals surface area contributed by atoms with E-state index in [4.69, 9.17) is 4.74 Å². The standard InChI is InChI=1S/C15H24N2O/c1-3-14-12-13(4-5-15(14)18-2)6-9-17-10-7-16-8-11-17/h4-5,12,16H,3,6-11H2,1-2H3. The molecule has 0 unspecified atom stereocenters. The molecule has 0 spiro atoms. The van der Waals surface area contributed by atoms with Crippen molar-refractivity contribution in [3.8, 4) is 5.75 Å². The third-order valence-corrected chi connectivity index (χ3v) is 3.65. The highest BCUT2D eigenvalue weighted by Gasteiger charge is 2.09. The number of nitrogens with one attached hydrogen (secondary N) is 1. The highest BCUT2D eigenvalue weighted by molar-refractivity contribution is 5.37. The lowest BCUT2D eigenvalue weighted by Crippen LogP contribution is -2.44. The van der Waals surface area contributed by atoms with Crippen molar-refractivity contribution in [3.63, 3.8) is 0 Å². The van der Waals surface area contributed by atoms with Gasteiger partial charge < -0.3 is 15.0 Å². The smallest absolute Gasteiger partial charge is 0.122 e. The zero-order valence-corrected chi connectivity index (χ0v) is 11.5. The lowest BCUT2D eigenvalue weighted by Gasteiger charge is -2.27. The van der Waals surface area contributed by atoms with Crippen LogP contribution in [-0.2, 0) is 12.8 Å². The van der Waals surface area contributed by atoms with Crippen LogP contribution < -0.4 is 10.1 Å². The molecular formula is C15H24N2O. The minimum Gasteiger partial charge on any atom is -0.496 e. The van der Waals surface area contributed by atoms with Crippen molar-refractivity contribution in [1.82, 2.24) is 10.2 Å². The number of nitrogens with zero attached hydrogens (tertiary/aromatic N) is 1. The molecule has 3 heteroatoms. The van der Waals surface area contributed by atoms with Gasteiger partial charge in [-0.05, 0) is 30.0 Å². The predicted molar refractivity (Wildman–Crippen MR) is 75.4 cm³/mol. The Morgan fingerprint density at radius 2 is 2.06 bits per heavy atom. The number of hydrogen-bond acceptors (Lipinski definition) is 3. The Morgan fingerprint density at radius 1 is 1.28 bits per heavy atom. The molecule has 1 fully saturated rings. The van der Waals surface area contributed by atoms with Gasteiger partial charge >= 0.3 is 0 Å². The molecule has 0 amide bonds. The van der Waals surface area contributed by atoms with Gasteiger partial charge in [0, 0.05) is 32.7 Å². The van der Waals surface area contributed by atoms with Crippen LogP contribution in [0.5, 0.6) is 5.75 Å². The van der Waals surface area contributed by atoms with Crippen molar-refractivity contribution in [3.05, 3.63) is 29.3 Å². The summed E-state index contributed by atoms with van der Waals surface area (Å²) in [4.78, 5) is 2.53. The van der Waals surface area contributed by atoms with E-state index in [1.807, 2.05) is 0 Å². The van der Waals surface area contributed by atoms with Crippen molar-refractivity contribution in [2.75, 3.05) is 39.8 Å². The minimum absolute atomic E-state index is 1.02. The van der Waals surface area contributed by atoms with Gasteiger partial charge in [0.2, 0.25) is 0 Å². The summed E-state index contributed by atoms with van der Waals surface area (Å²) in [6, 6.07) is 6.59. The first-order chi connectivity index (χ1) is 8.83. The van der Waals surface area contributed by atoms with Gasteiger partial charge in [0.05, 0.1) is 7.11 Å². The van der Waals surface area contributed by atoms with E-state index in [1.165, 1.54) is 24.2 Å². The Kier molecular flexibility index (Phi) is 5.02. The van der Waals surface area contributed by atoms with Crippen LogP contribution in [0.3, 0.4) is 0 Å². The molecule has 1 aromatic carbocycles. The number of piperazine rings is 1. The maximum Gasteiger partial charge on any atom is 0.122 e. The average Bonchev–Trinajstić information content (AvgIpc) is 2.45. The van der Waals surface area contributed by atoms with Crippen LogP contribution in [0.25, 0.3) is 0 Å². The van der Waals surface area contributed by atoms with Crippen LogP contribution >= 0.6 is 0 Å². The van der Waals surface area contributed by atoms with Gasteiger partial charge in [0.1, 0.15) is 5.75 Å². The zero-order valence-electron chi connectivity index (χ0n) is 11.5. The van der Waals surface area contributed by atoms with E-state index in [0.717, 1.165) is 38.2 Å². The van der Waals surface area contributed by atoms with Gasteiger partial charge in [-0.1, -0.05) is 19.1 Å². The van der Waals surface area contributed by atoms with Gasteiger partial charge in [0.15, 0.2) is 0 Å². The van der Waals surface area contributed by atoms with Gasteiger partial charge in [-0.2, -0.15) is 0 Å². The average molecular weight is 248 g/mol. The van der Waals surface area contributed by atoms with Crippen molar-refractivity contribution in [2.45, 2.75) is 19.8 Å². The maximum absolute atomic E-state index is 5.37. The predicted octanol–water partition coefficient (Wildman–Crippen LogP) is 1.71. The number of aryl methyl sites for hydroxylation is 1. The summed E-state index contributed by atoms with van der Waals surface area (Å²) >= 11 is 0. The van der Waals surface area contributed by atoms with E-state index in [-0.39, 0.29) is 0 Å². The molecule has 3 nitrogen and oxygen atoms in total. The molecule has 1 aliphatic heterocycles. The van der Waals surface area contributed by atoms with Crippen molar-refractivity contribution in [2.24, 2.45) is 0 Å². The molecule has 100 valence electrons. The van der Waals surface area contributed by atoms with Gasteiger partial charge in [-0.3, -0.25) is 0 Å². The Hall–Kier alpha value is -1.06. The van der Waals surface area contributed by atoms with E-state index < -0.39 is 0 Å². The molecule has 0 radical (unpaired) electrons. The second-order valence-corrected chi connectivity index (χ2v) is 4.84. The van der Waals surface area contributed by atoms with Crippen LogP contribution in [0.4, 0.5) is 0 Å². The summed E-state index contributed by atoms with van der Waals surface area (Å²) in [5, 5.41) is 3.39. The fourth-order valence-corrected chi connectivity index (χ4v) is 2.49. The van der Waals surface area contributed by atoms with Crippen molar-refractivity contribution < 1.29 is 4.74 Å². The van der Waals surface area contributed by atoms with E-state index in [1.54, 1.807) is 7.11 Å².